The molecule has 7 aliphatic carbocycles. The van der Waals surface area contributed by atoms with E-state index in [4.69, 9.17) is 14.7 Å². The van der Waals surface area contributed by atoms with Gasteiger partial charge in [0, 0.05) is 5.41 Å². The maximum absolute atomic E-state index is 13.9. The van der Waals surface area contributed by atoms with Crippen molar-refractivity contribution in [1.82, 2.24) is 0 Å². The molecule has 0 aromatic rings. The molecule has 0 saturated heterocycles. The molecule has 0 aliphatic heterocycles. The third kappa shape index (κ3) is 4.20. The third-order valence-electron chi connectivity index (χ3n) is 10.4. The molecule has 0 aromatic heterocycles. The van der Waals surface area contributed by atoms with Crippen LogP contribution < -0.4 is 0 Å². The van der Waals surface area contributed by atoms with Gasteiger partial charge in [0.25, 0.3) is 0 Å². The fourth-order valence-electron chi connectivity index (χ4n) is 9.95. The van der Waals surface area contributed by atoms with Gasteiger partial charge in [-0.15, -0.1) is 4.33 Å². The Morgan fingerprint density at radius 2 is 1.71 bits per heavy atom. The van der Waals surface area contributed by atoms with E-state index in [0.29, 0.717) is 36.0 Å². The molecular formula is C25H34F2O7S. The van der Waals surface area contributed by atoms with Crippen LogP contribution in [-0.2, 0) is 28.4 Å². The van der Waals surface area contributed by atoms with Gasteiger partial charge in [0.05, 0.1) is 12.5 Å². The zero-order chi connectivity index (χ0) is 24.6. The van der Waals surface area contributed by atoms with Gasteiger partial charge in [0.15, 0.2) is 0 Å². The van der Waals surface area contributed by atoms with Gasteiger partial charge in [-0.25, -0.2) is 10.1 Å². The first kappa shape index (κ1) is 24.4. The first-order chi connectivity index (χ1) is 16.6. The topological polar surface area (TPSA) is 91.3 Å². The molecule has 10 heteroatoms. The van der Waals surface area contributed by atoms with Crippen molar-refractivity contribution >= 4 is 24.0 Å². The summed E-state index contributed by atoms with van der Waals surface area (Å²) < 4.78 is 43.0. The van der Waals surface area contributed by atoms with Crippen LogP contribution in [0, 0.1) is 52.8 Å². The van der Waals surface area contributed by atoms with Crippen molar-refractivity contribution in [2.75, 3.05) is 6.61 Å². The average molecular weight is 517 g/mol. The quantitative estimate of drug-likeness (QED) is 0.199. The lowest BCUT2D eigenvalue weighted by atomic mass is 9.48. The van der Waals surface area contributed by atoms with E-state index in [9.17, 15) is 18.4 Å². The Kier molecular flexibility index (Phi) is 5.94. The fourth-order valence-corrected chi connectivity index (χ4v) is 10.2. The smallest absolute Gasteiger partial charge is 0.415 e. The first-order valence-corrected chi connectivity index (χ1v) is 13.8. The summed E-state index contributed by atoms with van der Waals surface area (Å²) in [5.41, 5.74) is -1.02. The molecule has 7 rings (SSSR count). The molecule has 7 saturated carbocycles. The van der Waals surface area contributed by atoms with Crippen LogP contribution in [0.1, 0.15) is 71.1 Å². The van der Waals surface area contributed by atoms with Gasteiger partial charge in [-0.3, -0.25) is 4.79 Å². The molecule has 8 unspecified atom stereocenters. The summed E-state index contributed by atoms with van der Waals surface area (Å²) in [5, 5.41) is 7.26. The predicted octanol–water partition coefficient (Wildman–Crippen LogP) is 5.39. The average Bonchev–Trinajstić information content (AvgIpc) is 3.46. The normalized spacial score (nSPS) is 47.2. The summed E-state index contributed by atoms with van der Waals surface area (Å²) in [5.74, 6) is 2.25. The maximum atomic E-state index is 13.9. The highest BCUT2D eigenvalue weighted by atomic mass is 32.2. The summed E-state index contributed by atoms with van der Waals surface area (Å²) in [6.45, 7) is 2.19. The fraction of sp³-hybridized carbons (Fsp3) is 0.920. The third-order valence-corrected chi connectivity index (χ3v) is 10.9. The molecule has 0 heterocycles. The minimum Gasteiger partial charge on any atom is -0.460 e. The van der Waals surface area contributed by atoms with Crippen molar-refractivity contribution in [1.29, 1.82) is 0 Å². The molecule has 196 valence electrons. The monoisotopic (exact) mass is 516 g/mol. The number of fused-ring (bicyclic) bond motifs is 5. The zero-order valence-electron chi connectivity index (χ0n) is 20.0. The minimum absolute atomic E-state index is 0.00204. The van der Waals surface area contributed by atoms with E-state index in [1.54, 1.807) is 0 Å². The number of carbonyl (C=O) groups is 2. The Labute approximate surface area is 208 Å². The Bertz CT molecular complexity index is 870. The van der Waals surface area contributed by atoms with Gasteiger partial charge in [-0.1, -0.05) is 12.0 Å². The Balaban J connectivity index is 1.12. The molecule has 35 heavy (non-hydrogen) atoms. The number of esters is 2. The highest BCUT2D eigenvalue weighted by Crippen LogP contribution is 2.65. The lowest BCUT2D eigenvalue weighted by Gasteiger charge is -2.61. The van der Waals surface area contributed by atoms with Crippen molar-refractivity contribution in [2.45, 2.75) is 82.0 Å². The second-order valence-electron chi connectivity index (χ2n) is 12.8. The van der Waals surface area contributed by atoms with E-state index in [2.05, 4.69) is 16.3 Å². The molecule has 7 fully saturated rings. The molecule has 0 spiro atoms. The summed E-state index contributed by atoms with van der Waals surface area (Å²) in [6.07, 6.45) is 9.50. The van der Waals surface area contributed by atoms with Crippen molar-refractivity contribution in [3.05, 3.63) is 0 Å². The van der Waals surface area contributed by atoms with E-state index >= 15 is 0 Å². The SMILES string of the molecule is CC1CC2C3CC(C(=O)OC45CC6CC(CC(COC(=O)C(F)(F)SOOO)(C6)C4)C5)C(C3)C2C1. The predicted molar refractivity (Wildman–Crippen MR) is 119 cm³/mol. The number of hydrogen-bond acceptors (Lipinski definition) is 8. The number of carbonyl (C=O) groups excluding carboxylic acids is 2. The van der Waals surface area contributed by atoms with Crippen LogP contribution in [0.25, 0.3) is 0 Å². The molecule has 7 aliphatic rings. The van der Waals surface area contributed by atoms with Crippen LogP contribution in [0.2, 0.25) is 0 Å². The van der Waals surface area contributed by atoms with Gasteiger partial charge in [-0.2, -0.15) is 8.78 Å². The molecule has 6 bridgehead atoms. The van der Waals surface area contributed by atoms with E-state index in [0.717, 1.165) is 56.8 Å². The van der Waals surface area contributed by atoms with Crippen LogP contribution in [0.4, 0.5) is 8.78 Å². The Morgan fingerprint density at radius 1 is 1.00 bits per heavy atom. The highest BCUT2D eigenvalue weighted by molar-refractivity contribution is 7.96. The summed E-state index contributed by atoms with van der Waals surface area (Å²) in [4.78, 5) is 25.5. The molecule has 0 radical (unpaired) electrons. The van der Waals surface area contributed by atoms with E-state index in [1.165, 1.54) is 12.8 Å². The number of rotatable bonds is 8. The van der Waals surface area contributed by atoms with Crippen LogP contribution in [-0.4, -0.2) is 34.7 Å². The second-order valence-corrected chi connectivity index (χ2v) is 13.6. The molecule has 8 atom stereocenters. The van der Waals surface area contributed by atoms with Gasteiger partial charge >= 0.3 is 17.2 Å². The zero-order valence-corrected chi connectivity index (χ0v) is 20.8. The molecule has 7 nitrogen and oxygen atoms in total. The van der Waals surface area contributed by atoms with E-state index in [1.807, 2.05) is 0 Å². The number of halogens is 2. The number of alkyl halides is 2. The van der Waals surface area contributed by atoms with Crippen molar-refractivity contribution in [3.8, 4) is 0 Å². The van der Waals surface area contributed by atoms with Crippen molar-refractivity contribution in [2.24, 2.45) is 52.8 Å². The maximum Gasteiger partial charge on any atom is 0.415 e. The molecule has 1 N–H and O–H groups in total. The van der Waals surface area contributed by atoms with Gasteiger partial charge < -0.3 is 9.47 Å². The van der Waals surface area contributed by atoms with Crippen LogP contribution in [0.3, 0.4) is 0 Å². The van der Waals surface area contributed by atoms with Gasteiger partial charge in [0.2, 0.25) is 0 Å². The largest absolute Gasteiger partial charge is 0.460 e. The minimum atomic E-state index is -4.01. The van der Waals surface area contributed by atoms with Crippen LogP contribution in [0.5, 0.6) is 0 Å². The Hall–Kier alpha value is -0.970. The van der Waals surface area contributed by atoms with Gasteiger partial charge in [0.1, 0.15) is 17.6 Å². The van der Waals surface area contributed by atoms with Crippen LogP contribution >= 0.6 is 12.0 Å². The number of ether oxygens (including phenoxy) is 2. The first-order valence-electron chi connectivity index (χ1n) is 13.0. The molecule has 0 aromatic carbocycles. The summed E-state index contributed by atoms with van der Waals surface area (Å²) in [6, 6.07) is 0. The van der Waals surface area contributed by atoms with Crippen molar-refractivity contribution in [3.63, 3.8) is 0 Å². The summed E-state index contributed by atoms with van der Waals surface area (Å²) >= 11 is -0.612. The van der Waals surface area contributed by atoms with Crippen LogP contribution in [0.15, 0.2) is 0 Å². The van der Waals surface area contributed by atoms with Crippen molar-refractivity contribution < 1.29 is 42.5 Å². The molecular weight excluding hydrogens is 482 g/mol. The molecule has 0 amide bonds. The Morgan fingerprint density at radius 3 is 2.43 bits per heavy atom. The van der Waals surface area contributed by atoms with Gasteiger partial charge in [-0.05, 0) is 106 Å². The van der Waals surface area contributed by atoms with E-state index < -0.39 is 34.3 Å². The standard InChI is InChI=1S/C25H34F2O7S/c1-13-2-17-16-5-19(18(17)3-13)20(6-16)21(28)32-24-9-14-4-15(10-24)8-23(7-14,11-24)12-31-22(29)25(26,27)35-34-33-30/h13-20,30H,2-12H2,1H3. The summed E-state index contributed by atoms with van der Waals surface area (Å²) in [7, 11) is 0. The van der Waals surface area contributed by atoms with E-state index in [-0.39, 0.29) is 18.5 Å². The lowest BCUT2D eigenvalue weighted by Crippen LogP contribution is -2.59. The lowest BCUT2D eigenvalue weighted by molar-refractivity contribution is -0.433. The highest BCUT2D eigenvalue weighted by Gasteiger charge is 2.62. The second kappa shape index (κ2) is 8.53. The number of hydrogen-bond donors (Lipinski definition) is 1.